The summed E-state index contributed by atoms with van der Waals surface area (Å²) in [4.78, 5) is 38.1. The Morgan fingerprint density at radius 2 is 1.68 bits per heavy atom. The van der Waals surface area contributed by atoms with Crippen LogP contribution in [0.3, 0.4) is 0 Å². The van der Waals surface area contributed by atoms with Gasteiger partial charge in [0.15, 0.2) is 17.0 Å². The zero-order valence-electron chi connectivity index (χ0n) is 18.7. The number of halogens is 3. The van der Waals surface area contributed by atoms with E-state index in [4.69, 9.17) is 9.15 Å². The molecular formula is C25H20F3NO5. The number of carbonyl (C=O) groups is 2. The quantitative estimate of drug-likeness (QED) is 0.315. The van der Waals surface area contributed by atoms with E-state index in [1.54, 1.807) is 51.1 Å². The standard InChI is InChI=1S/C25H20F3NO5/c1-13(30)16-10-15(25(26,27)28)11-17-20(31)12-21(33-22(16)17)19-9-14-7-5-6-8-18(14)29(19)23(32)34-24(2,3)4/h5-12H,1-4H3. The van der Waals surface area contributed by atoms with Crippen molar-refractivity contribution in [3.8, 4) is 11.5 Å². The molecule has 176 valence electrons. The zero-order chi connectivity index (χ0) is 25.0. The first kappa shape index (κ1) is 23.3. The van der Waals surface area contributed by atoms with E-state index in [0.29, 0.717) is 23.0 Å². The van der Waals surface area contributed by atoms with E-state index >= 15 is 0 Å². The Balaban J connectivity index is 2.03. The Hall–Kier alpha value is -3.88. The molecule has 2 aromatic carbocycles. The highest BCUT2D eigenvalue weighted by molar-refractivity contribution is 6.05. The van der Waals surface area contributed by atoms with Crippen molar-refractivity contribution in [2.45, 2.75) is 39.5 Å². The molecule has 0 radical (unpaired) electrons. The number of nitrogens with zero attached hydrogens (tertiary/aromatic N) is 1. The van der Waals surface area contributed by atoms with E-state index in [-0.39, 0.29) is 28.0 Å². The first-order valence-electron chi connectivity index (χ1n) is 10.3. The molecule has 9 heteroatoms. The molecule has 2 heterocycles. The number of hydrogen-bond acceptors (Lipinski definition) is 5. The Kier molecular flexibility index (Phi) is 5.38. The van der Waals surface area contributed by atoms with Crippen molar-refractivity contribution in [3.05, 3.63) is 69.9 Å². The van der Waals surface area contributed by atoms with Gasteiger partial charge in [-0.15, -0.1) is 0 Å². The van der Waals surface area contributed by atoms with E-state index in [2.05, 4.69) is 0 Å². The molecule has 0 unspecified atom stereocenters. The van der Waals surface area contributed by atoms with Crippen molar-refractivity contribution in [2.75, 3.05) is 0 Å². The lowest BCUT2D eigenvalue weighted by atomic mass is 10.0. The molecule has 4 rings (SSSR count). The van der Waals surface area contributed by atoms with Gasteiger partial charge in [-0.25, -0.2) is 9.36 Å². The van der Waals surface area contributed by atoms with Crippen LogP contribution in [0.15, 0.2) is 57.7 Å². The highest BCUT2D eigenvalue weighted by atomic mass is 19.4. The second-order valence-corrected chi connectivity index (χ2v) is 8.83. The molecule has 0 N–H and O–H groups in total. The molecule has 2 aromatic heterocycles. The molecule has 0 amide bonds. The first-order valence-corrected chi connectivity index (χ1v) is 10.3. The molecular weight excluding hydrogens is 451 g/mol. The average molecular weight is 471 g/mol. The molecule has 0 aliphatic rings. The largest absolute Gasteiger partial charge is 0.453 e. The van der Waals surface area contributed by atoms with Crippen LogP contribution in [0.1, 0.15) is 43.6 Å². The Morgan fingerprint density at radius 3 is 2.29 bits per heavy atom. The number of Topliss-reactive ketones (excluding diaryl/α,β-unsaturated/α-hetero) is 1. The lowest BCUT2D eigenvalue weighted by Gasteiger charge is -2.21. The predicted molar refractivity (Wildman–Crippen MR) is 120 cm³/mol. The first-order chi connectivity index (χ1) is 15.8. The van der Waals surface area contributed by atoms with Crippen molar-refractivity contribution in [3.63, 3.8) is 0 Å². The zero-order valence-corrected chi connectivity index (χ0v) is 18.7. The maximum atomic E-state index is 13.3. The van der Waals surface area contributed by atoms with Crippen LogP contribution in [0.5, 0.6) is 0 Å². The summed E-state index contributed by atoms with van der Waals surface area (Å²) in [7, 11) is 0. The Morgan fingerprint density at radius 1 is 1.00 bits per heavy atom. The second-order valence-electron chi connectivity index (χ2n) is 8.83. The molecule has 6 nitrogen and oxygen atoms in total. The summed E-state index contributed by atoms with van der Waals surface area (Å²) in [6.45, 7) is 6.18. The summed E-state index contributed by atoms with van der Waals surface area (Å²) in [5, 5.41) is 0.258. The van der Waals surface area contributed by atoms with Crippen LogP contribution in [0, 0.1) is 0 Å². The number of aromatic nitrogens is 1. The van der Waals surface area contributed by atoms with Gasteiger partial charge in [-0.3, -0.25) is 9.59 Å². The molecule has 34 heavy (non-hydrogen) atoms. The number of fused-ring (bicyclic) bond motifs is 2. The smallest absolute Gasteiger partial charge is 0.419 e. The van der Waals surface area contributed by atoms with Gasteiger partial charge < -0.3 is 9.15 Å². The Bertz CT molecular complexity index is 1520. The van der Waals surface area contributed by atoms with Crippen molar-refractivity contribution < 1.29 is 31.9 Å². The second kappa shape index (κ2) is 7.86. The van der Waals surface area contributed by atoms with E-state index < -0.39 is 34.6 Å². The van der Waals surface area contributed by atoms with E-state index in [1.165, 1.54) is 4.57 Å². The van der Waals surface area contributed by atoms with Crippen LogP contribution >= 0.6 is 0 Å². The Labute approximate surface area is 191 Å². The highest BCUT2D eigenvalue weighted by Gasteiger charge is 2.33. The molecule has 0 saturated heterocycles. The van der Waals surface area contributed by atoms with Crippen LogP contribution in [-0.4, -0.2) is 22.0 Å². The SMILES string of the molecule is CC(=O)c1cc(C(F)(F)F)cc2c(=O)cc(-c3cc4ccccc4n3C(=O)OC(C)(C)C)oc12. The van der Waals surface area contributed by atoms with Gasteiger partial charge in [0.05, 0.1) is 27.7 Å². The third-order valence-electron chi connectivity index (χ3n) is 5.07. The number of hydrogen-bond donors (Lipinski definition) is 0. The van der Waals surface area contributed by atoms with Crippen LogP contribution in [0.25, 0.3) is 33.3 Å². The van der Waals surface area contributed by atoms with Gasteiger partial charge in [0.25, 0.3) is 0 Å². The van der Waals surface area contributed by atoms with Crippen molar-refractivity contribution in [2.24, 2.45) is 0 Å². The van der Waals surface area contributed by atoms with E-state index in [1.807, 2.05) is 0 Å². The fourth-order valence-electron chi connectivity index (χ4n) is 3.65. The molecule has 0 bridgehead atoms. The minimum absolute atomic E-state index is 0.0955. The summed E-state index contributed by atoms with van der Waals surface area (Å²) in [5.41, 5.74) is -2.77. The fraction of sp³-hybridized carbons (Fsp3) is 0.240. The van der Waals surface area contributed by atoms with E-state index in [0.717, 1.165) is 13.0 Å². The molecule has 0 aliphatic carbocycles. The number of ketones is 1. The normalized spacial score (nSPS) is 12.3. The summed E-state index contributed by atoms with van der Waals surface area (Å²) in [6, 6.07) is 10.8. The maximum absolute atomic E-state index is 13.3. The molecule has 4 aromatic rings. The van der Waals surface area contributed by atoms with Gasteiger partial charge in [-0.2, -0.15) is 13.2 Å². The topological polar surface area (TPSA) is 78.5 Å². The van der Waals surface area contributed by atoms with Gasteiger partial charge in [-0.1, -0.05) is 18.2 Å². The van der Waals surface area contributed by atoms with Gasteiger partial charge in [-0.05, 0) is 52.0 Å². The van der Waals surface area contributed by atoms with Gasteiger partial charge in [0, 0.05) is 11.5 Å². The van der Waals surface area contributed by atoms with Crippen LogP contribution in [0.4, 0.5) is 18.0 Å². The summed E-state index contributed by atoms with van der Waals surface area (Å²) in [5.74, 6) is -0.800. The molecule has 0 aliphatic heterocycles. The maximum Gasteiger partial charge on any atom is 0.419 e. The van der Waals surface area contributed by atoms with E-state index in [9.17, 15) is 27.6 Å². The van der Waals surface area contributed by atoms with Crippen LogP contribution < -0.4 is 5.43 Å². The van der Waals surface area contributed by atoms with Gasteiger partial charge in [0.2, 0.25) is 0 Å². The molecule has 0 atom stereocenters. The van der Waals surface area contributed by atoms with Crippen molar-refractivity contribution >= 4 is 33.7 Å². The number of carbonyl (C=O) groups excluding carboxylic acids is 2. The number of alkyl halides is 3. The summed E-state index contributed by atoms with van der Waals surface area (Å²) >= 11 is 0. The van der Waals surface area contributed by atoms with Crippen molar-refractivity contribution in [1.82, 2.24) is 4.57 Å². The predicted octanol–water partition coefficient (Wildman–Crippen LogP) is 6.42. The summed E-state index contributed by atoms with van der Waals surface area (Å²) < 4.78 is 52.6. The number of rotatable bonds is 2. The average Bonchev–Trinajstić information content (AvgIpc) is 3.10. The monoisotopic (exact) mass is 471 g/mol. The summed E-state index contributed by atoms with van der Waals surface area (Å²) in [6.07, 6.45) is -5.49. The van der Waals surface area contributed by atoms with Gasteiger partial charge in [0.1, 0.15) is 11.2 Å². The van der Waals surface area contributed by atoms with Gasteiger partial charge >= 0.3 is 12.3 Å². The molecule has 0 fully saturated rings. The number of para-hydroxylation sites is 1. The van der Waals surface area contributed by atoms with Crippen molar-refractivity contribution in [1.29, 1.82) is 0 Å². The lowest BCUT2D eigenvalue weighted by molar-refractivity contribution is -0.137. The molecule has 0 saturated carbocycles. The highest BCUT2D eigenvalue weighted by Crippen LogP contribution is 2.35. The number of ether oxygens (including phenoxy) is 1. The van der Waals surface area contributed by atoms with Crippen LogP contribution in [-0.2, 0) is 10.9 Å². The minimum Gasteiger partial charge on any atom is -0.453 e. The number of benzene rings is 2. The third kappa shape index (κ3) is 4.21. The van der Waals surface area contributed by atoms with Crippen LogP contribution in [0.2, 0.25) is 0 Å². The lowest BCUT2D eigenvalue weighted by Crippen LogP contribution is -2.27. The third-order valence-corrected chi connectivity index (χ3v) is 5.07. The minimum atomic E-state index is -4.76. The fourth-order valence-corrected chi connectivity index (χ4v) is 3.65. The molecule has 0 spiro atoms.